The van der Waals surface area contributed by atoms with Gasteiger partial charge in [-0.3, -0.25) is 0 Å². The van der Waals surface area contributed by atoms with Crippen LogP contribution in [0, 0.1) is 6.92 Å². The monoisotopic (exact) mass is 233 g/mol. The third-order valence-electron chi connectivity index (χ3n) is 2.84. The number of rotatable bonds is 3. The van der Waals surface area contributed by atoms with Gasteiger partial charge in [0.25, 0.3) is 0 Å². The van der Waals surface area contributed by atoms with E-state index in [2.05, 4.69) is 10.3 Å². The molecule has 2 aromatic rings. The van der Waals surface area contributed by atoms with Crippen LogP contribution in [0.1, 0.15) is 34.8 Å². The molecule has 17 heavy (non-hydrogen) atoms. The first kappa shape index (κ1) is 11.6. The quantitative estimate of drug-likeness (QED) is 0.845. The van der Waals surface area contributed by atoms with Crippen molar-refractivity contribution in [1.29, 1.82) is 0 Å². The van der Waals surface area contributed by atoms with E-state index in [0.29, 0.717) is 11.3 Å². The molecule has 2 rings (SSSR count). The maximum Gasteiger partial charge on any atom is 0.356 e. The summed E-state index contributed by atoms with van der Waals surface area (Å²) in [6.45, 7) is 3.91. The molecule has 2 heterocycles. The molecule has 90 valence electrons. The van der Waals surface area contributed by atoms with Gasteiger partial charge >= 0.3 is 5.97 Å². The minimum absolute atomic E-state index is 0.00241. The largest absolute Gasteiger partial charge is 0.476 e. The molecule has 0 aliphatic carbocycles. The third kappa shape index (κ3) is 1.89. The molecule has 5 nitrogen and oxygen atoms in total. The van der Waals surface area contributed by atoms with E-state index in [1.807, 2.05) is 37.6 Å². The Morgan fingerprint density at radius 1 is 1.53 bits per heavy atom. The average Bonchev–Trinajstić information content (AvgIpc) is 2.66. The van der Waals surface area contributed by atoms with Gasteiger partial charge in [0.2, 0.25) is 0 Å². The predicted molar refractivity (Wildman–Crippen MR) is 64.4 cm³/mol. The second-order valence-electron chi connectivity index (χ2n) is 4.10. The Morgan fingerprint density at radius 2 is 2.24 bits per heavy atom. The molecule has 5 heteroatoms. The van der Waals surface area contributed by atoms with Crippen LogP contribution >= 0.6 is 0 Å². The lowest BCUT2D eigenvalue weighted by Crippen LogP contribution is -2.15. The van der Waals surface area contributed by atoms with Gasteiger partial charge in [-0.25, -0.2) is 9.78 Å². The van der Waals surface area contributed by atoms with E-state index >= 15 is 0 Å². The number of hydrogen-bond acceptors (Lipinski definition) is 3. The van der Waals surface area contributed by atoms with Crippen LogP contribution in [-0.4, -0.2) is 27.5 Å². The molecule has 1 unspecified atom stereocenters. The van der Waals surface area contributed by atoms with Crippen molar-refractivity contribution in [3.05, 3.63) is 35.4 Å². The molecular weight excluding hydrogens is 218 g/mol. The Hall–Kier alpha value is -1.88. The summed E-state index contributed by atoms with van der Waals surface area (Å²) in [5, 5.41) is 12.2. The maximum atomic E-state index is 11.1. The Kier molecular flexibility index (Phi) is 2.85. The van der Waals surface area contributed by atoms with Gasteiger partial charge in [-0.2, -0.15) is 0 Å². The molecule has 0 bridgehead atoms. The number of hydrogen-bond donors (Lipinski definition) is 2. The average molecular weight is 233 g/mol. The summed E-state index contributed by atoms with van der Waals surface area (Å²) < 4.78 is 1.83. The number of nitrogens with zero attached hydrogens (tertiary/aromatic N) is 2. The lowest BCUT2D eigenvalue weighted by Gasteiger charge is -2.08. The van der Waals surface area contributed by atoms with Crippen LogP contribution in [0.25, 0.3) is 5.52 Å². The van der Waals surface area contributed by atoms with E-state index in [-0.39, 0.29) is 11.7 Å². The van der Waals surface area contributed by atoms with E-state index < -0.39 is 5.97 Å². The molecular formula is C12H15N3O2. The lowest BCUT2D eigenvalue weighted by atomic mass is 10.2. The molecule has 0 radical (unpaired) electrons. The zero-order valence-electron chi connectivity index (χ0n) is 10.1. The molecule has 0 saturated heterocycles. The van der Waals surface area contributed by atoms with E-state index in [9.17, 15) is 4.79 Å². The van der Waals surface area contributed by atoms with Crippen molar-refractivity contribution < 1.29 is 9.90 Å². The summed E-state index contributed by atoms with van der Waals surface area (Å²) >= 11 is 0. The van der Waals surface area contributed by atoms with Crippen LogP contribution in [0.15, 0.2) is 18.3 Å². The van der Waals surface area contributed by atoms with Crippen LogP contribution in [0.4, 0.5) is 0 Å². The second-order valence-corrected chi connectivity index (χ2v) is 4.10. The number of pyridine rings is 1. The molecule has 0 aromatic carbocycles. The normalized spacial score (nSPS) is 12.9. The Balaban J connectivity index is 2.75. The standard InChI is InChI=1S/C12H15N3O2/c1-7-4-5-9-10(12(16)17)14-11(8(2)13-3)15(9)6-7/h4-6,8,13H,1-3H3,(H,16,17). The van der Waals surface area contributed by atoms with Gasteiger partial charge in [0.05, 0.1) is 11.6 Å². The zero-order valence-corrected chi connectivity index (χ0v) is 10.1. The minimum Gasteiger partial charge on any atom is -0.476 e. The first-order valence-corrected chi connectivity index (χ1v) is 5.43. The Labute approximate surface area is 99.1 Å². The van der Waals surface area contributed by atoms with Crippen molar-refractivity contribution in [3.63, 3.8) is 0 Å². The minimum atomic E-state index is -0.999. The number of aromatic carboxylic acids is 1. The zero-order chi connectivity index (χ0) is 12.6. The van der Waals surface area contributed by atoms with Crippen molar-refractivity contribution >= 4 is 11.5 Å². The van der Waals surface area contributed by atoms with Crippen LogP contribution in [0.2, 0.25) is 0 Å². The Morgan fingerprint density at radius 3 is 2.82 bits per heavy atom. The van der Waals surface area contributed by atoms with E-state index in [0.717, 1.165) is 5.56 Å². The van der Waals surface area contributed by atoms with Gasteiger partial charge in [0, 0.05) is 6.20 Å². The second kappa shape index (κ2) is 4.18. The summed E-state index contributed by atoms with van der Waals surface area (Å²) in [5.74, 6) is -0.287. The van der Waals surface area contributed by atoms with Gasteiger partial charge in [0.1, 0.15) is 5.82 Å². The van der Waals surface area contributed by atoms with Crippen molar-refractivity contribution in [2.24, 2.45) is 0 Å². The fourth-order valence-corrected chi connectivity index (χ4v) is 1.81. The highest BCUT2D eigenvalue weighted by atomic mass is 16.4. The van der Waals surface area contributed by atoms with Crippen LogP contribution in [0.3, 0.4) is 0 Å². The van der Waals surface area contributed by atoms with E-state index in [4.69, 9.17) is 5.11 Å². The number of carboxylic acid groups (broad SMARTS) is 1. The molecule has 0 saturated carbocycles. The molecule has 0 amide bonds. The fraction of sp³-hybridized carbons (Fsp3) is 0.333. The third-order valence-corrected chi connectivity index (χ3v) is 2.84. The summed E-state index contributed by atoms with van der Waals surface area (Å²) in [5.41, 5.74) is 1.79. The maximum absolute atomic E-state index is 11.1. The summed E-state index contributed by atoms with van der Waals surface area (Å²) in [6.07, 6.45) is 1.90. The number of fused-ring (bicyclic) bond motifs is 1. The summed E-state index contributed by atoms with van der Waals surface area (Å²) in [6, 6.07) is 3.67. The smallest absolute Gasteiger partial charge is 0.356 e. The van der Waals surface area contributed by atoms with Crippen molar-refractivity contribution in [2.45, 2.75) is 19.9 Å². The SMILES string of the molecule is CNC(C)c1nc(C(=O)O)c2ccc(C)cn12. The van der Waals surface area contributed by atoms with Crippen molar-refractivity contribution in [1.82, 2.24) is 14.7 Å². The number of imidazole rings is 1. The Bertz CT molecular complexity index is 574. The van der Waals surface area contributed by atoms with E-state index in [1.54, 1.807) is 6.07 Å². The fourth-order valence-electron chi connectivity index (χ4n) is 1.81. The van der Waals surface area contributed by atoms with Gasteiger partial charge < -0.3 is 14.8 Å². The lowest BCUT2D eigenvalue weighted by molar-refractivity contribution is 0.0693. The van der Waals surface area contributed by atoms with Gasteiger partial charge in [0.15, 0.2) is 5.69 Å². The van der Waals surface area contributed by atoms with Crippen molar-refractivity contribution in [3.8, 4) is 0 Å². The van der Waals surface area contributed by atoms with Gasteiger partial charge in [-0.1, -0.05) is 6.07 Å². The number of nitrogens with one attached hydrogen (secondary N) is 1. The van der Waals surface area contributed by atoms with Gasteiger partial charge in [-0.15, -0.1) is 0 Å². The summed E-state index contributed by atoms with van der Waals surface area (Å²) in [7, 11) is 1.82. The van der Waals surface area contributed by atoms with Crippen LogP contribution in [-0.2, 0) is 0 Å². The number of aryl methyl sites for hydroxylation is 1. The highest BCUT2D eigenvalue weighted by Crippen LogP contribution is 2.19. The molecule has 0 aliphatic rings. The number of aromatic nitrogens is 2. The molecule has 0 aliphatic heterocycles. The molecule has 1 atom stereocenters. The van der Waals surface area contributed by atoms with Gasteiger partial charge in [-0.05, 0) is 32.5 Å². The van der Waals surface area contributed by atoms with Crippen molar-refractivity contribution in [2.75, 3.05) is 7.05 Å². The first-order valence-electron chi connectivity index (χ1n) is 5.43. The molecule has 0 fully saturated rings. The summed E-state index contributed by atoms with van der Waals surface area (Å²) in [4.78, 5) is 15.3. The van der Waals surface area contributed by atoms with E-state index in [1.165, 1.54) is 0 Å². The number of carbonyl (C=O) groups is 1. The number of carboxylic acids is 1. The first-order chi connectivity index (χ1) is 8.04. The van der Waals surface area contributed by atoms with Crippen LogP contribution in [0.5, 0.6) is 0 Å². The highest BCUT2D eigenvalue weighted by Gasteiger charge is 2.19. The topological polar surface area (TPSA) is 66.6 Å². The highest BCUT2D eigenvalue weighted by molar-refractivity contribution is 5.93. The predicted octanol–water partition coefficient (Wildman–Crippen LogP) is 1.62. The van der Waals surface area contributed by atoms with Crippen LogP contribution < -0.4 is 5.32 Å². The molecule has 2 N–H and O–H groups in total. The molecule has 2 aromatic heterocycles. The molecule has 0 spiro atoms.